The number of carbonyl (C=O) groups is 2. The average Bonchev–Trinajstić information content (AvgIpc) is 2.65. The number of likely N-dealkylation sites (tertiary alicyclic amines) is 1. The molecule has 1 fully saturated rings. The van der Waals surface area contributed by atoms with Gasteiger partial charge in [-0.1, -0.05) is 44.2 Å². The van der Waals surface area contributed by atoms with E-state index in [1.165, 1.54) is 4.90 Å². The molecule has 0 radical (unpaired) electrons. The van der Waals surface area contributed by atoms with Gasteiger partial charge < -0.3 is 5.32 Å². The zero-order valence-corrected chi connectivity index (χ0v) is 11.5. The highest BCUT2D eigenvalue weighted by molar-refractivity contribution is 6.04. The Kier molecular flexibility index (Phi) is 4.32. The van der Waals surface area contributed by atoms with E-state index in [1.54, 1.807) is 0 Å². The first-order valence-electron chi connectivity index (χ1n) is 6.79. The third kappa shape index (κ3) is 3.41. The van der Waals surface area contributed by atoms with Gasteiger partial charge in [0.15, 0.2) is 6.04 Å². The van der Waals surface area contributed by atoms with Crippen molar-refractivity contribution >= 4 is 11.8 Å². The lowest BCUT2D eigenvalue weighted by molar-refractivity contribution is -0.679. The van der Waals surface area contributed by atoms with Crippen LogP contribution in [0.2, 0.25) is 0 Å². The molecule has 1 aromatic carbocycles. The first-order chi connectivity index (χ1) is 9.08. The Morgan fingerprint density at radius 1 is 1.26 bits per heavy atom. The van der Waals surface area contributed by atoms with Crippen LogP contribution in [0.5, 0.6) is 0 Å². The lowest BCUT2D eigenvalue weighted by Gasteiger charge is -2.14. The van der Waals surface area contributed by atoms with Gasteiger partial charge in [-0.25, -0.2) is 0 Å². The molecule has 1 heterocycles. The molecule has 0 saturated carbocycles. The fourth-order valence-electron chi connectivity index (χ4n) is 2.26. The molecule has 1 atom stereocenters. The molecule has 1 aromatic rings. The molecule has 0 unspecified atom stereocenters. The predicted octanol–water partition coefficient (Wildman–Crippen LogP) is 0.533. The number of hydrogen-bond donors (Lipinski definition) is 1. The van der Waals surface area contributed by atoms with Gasteiger partial charge in [0.1, 0.15) is 0 Å². The summed E-state index contributed by atoms with van der Waals surface area (Å²) in [6.45, 7) is 5.49. The molecule has 102 valence electrons. The van der Waals surface area contributed by atoms with Gasteiger partial charge in [0, 0.05) is 5.92 Å². The molecule has 0 aromatic heterocycles. The fourth-order valence-corrected chi connectivity index (χ4v) is 2.26. The first kappa shape index (κ1) is 13.7. The highest BCUT2D eigenvalue weighted by atomic mass is 16.2. The maximum Gasteiger partial charge on any atom is 0.288 e. The fraction of sp³-hybridized carbons (Fsp3) is 0.467. The Bertz CT molecular complexity index is 456. The highest BCUT2D eigenvalue weighted by Crippen LogP contribution is 2.14. The van der Waals surface area contributed by atoms with Crippen molar-refractivity contribution < 1.29 is 14.9 Å². The number of hydrogen-bond acceptors (Lipinski definition) is 2. The molecule has 4 nitrogen and oxygen atoms in total. The molecule has 1 aliphatic rings. The molecule has 0 aliphatic carbocycles. The molecule has 1 saturated heterocycles. The summed E-state index contributed by atoms with van der Waals surface area (Å²) in [6, 6.07) is 9.41. The topological polar surface area (TPSA) is 54.0 Å². The zero-order valence-electron chi connectivity index (χ0n) is 11.5. The lowest BCUT2D eigenvalue weighted by atomic mass is 10.2. The number of nitrogens with zero attached hydrogens (tertiary/aromatic N) is 1. The van der Waals surface area contributed by atoms with Crippen molar-refractivity contribution in [3.8, 4) is 0 Å². The SMILES string of the molecule is CC(C)C[NH2+][C@@H]1CC(=O)N(Cc2ccccc2)C1=O. The van der Waals surface area contributed by atoms with Gasteiger partial charge in [-0.3, -0.25) is 14.5 Å². The molecular weight excluding hydrogens is 240 g/mol. The van der Waals surface area contributed by atoms with Gasteiger partial charge in [-0.05, 0) is 5.56 Å². The molecular formula is C15H21N2O2+. The summed E-state index contributed by atoms with van der Waals surface area (Å²) in [5.41, 5.74) is 0.994. The van der Waals surface area contributed by atoms with E-state index in [4.69, 9.17) is 0 Å². The van der Waals surface area contributed by atoms with Crippen LogP contribution in [0.1, 0.15) is 25.8 Å². The maximum absolute atomic E-state index is 12.2. The number of benzene rings is 1. The standard InChI is InChI=1S/C15H20N2O2/c1-11(2)9-16-13-8-14(18)17(15(13)19)10-12-6-4-3-5-7-12/h3-7,11,13,16H,8-10H2,1-2H3/p+1/t13-/m1/s1. The summed E-state index contributed by atoms with van der Waals surface area (Å²) in [6.07, 6.45) is 0.332. The third-order valence-electron chi connectivity index (χ3n) is 3.35. The molecule has 2 rings (SSSR count). The normalized spacial score (nSPS) is 19.5. The zero-order chi connectivity index (χ0) is 13.8. The number of amides is 2. The van der Waals surface area contributed by atoms with E-state index < -0.39 is 0 Å². The molecule has 1 aliphatic heterocycles. The van der Waals surface area contributed by atoms with Gasteiger partial charge in [0.25, 0.3) is 5.91 Å². The first-order valence-corrected chi connectivity index (χ1v) is 6.79. The third-order valence-corrected chi connectivity index (χ3v) is 3.35. The Labute approximate surface area is 113 Å². The summed E-state index contributed by atoms with van der Waals surface area (Å²) in [7, 11) is 0. The van der Waals surface area contributed by atoms with Gasteiger partial charge in [0.2, 0.25) is 5.91 Å². The van der Waals surface area contributed by atoms with E-state index in [2.05, 4.69) is 13.8 Å². The Balaban J connectivity index is 1.98. The molecule has 0 bridgehead atoms. The molecule has 19 heavy (non-hydrogen) atoms. The number of carbonyl (C=O) groups excluding carboxylic acids is 2. The monoisotopic (exact) mass is 261 g/mol. The minimum atomic E-state index is -0.224. The number of quaternary nitrogens is 1. The van der Waals surface area contributed by atoms with Gasteiger partial charge in [-0.2, -0.15) is 0 Å². The molecule has 4 heteroatoms. The summed E-state index contributed by atoms with van der Waals surface area (Å²) >= 11 is 0. The van der Waals surface area contributed by atoms with Crippen molar-refractivity contribution in [1.29, 1.82) is 0 Å². The van der Waals surface area contributed by atoms with Crippen molar-refractivity contribution in [3.63, 3.8) is 0 Å². The summed E-state index contributed by atoms with van der Waals surface area (Å²) in [5, 5.41) is 2.00. The largest absolute Gasteiger partial charge is 0.335 e. The van der Waals surface area contributed by atoms with Gasteiger partial charge in [-0.15, -0.1) is 0 Å². The minimum absolute atomic E-state index is 0.0468. The Hall–Kier alpha value is -1.68. The summed E-state index contributed by atoms with van der Waals surface area (Å²) in [5.74, 6) is 0.416. The smallest absolute Gasteiger partial charge is 0.288 e. The van der Waals surface area contributed by atoms with Gasteiger partial charge >= 0.3 is 0 Å². The van der Waals surface area contributed by atoms with Crippen LogP contribution in [0.4, 0.5) is 0 Å². The van der Waals surface area contributed by atoms with E-state index in [1.807, 2.05) is 35.6 Å². The van der Waals surface area contributed by atoms with Crippen LogP contribution >= 0.6 is 0 Å². The molecule has 0 spiro atoms. The summed E-state index contributed by atoms with van der Waals surface area (Å²) in [4.78, 5) is 25.5. The van der Waals surface area contributed by atoms with Crippen molar-refractivity contribution in [2.24, 2.45) is 5.92 Å². The van der Waals surface area contributed by atoms with Crippen LogP contribution in [-0.2, 0) is 16.1 Å². The van der Waals surface area contributed by atoms with Crippen molar-refractivity contribution in [1.82, 2.24) is 4.90 Å². The maximum atomic E-state index is 12.2. The molecule has 2 amide bonds. The number of imide groups is 1. The van der Waals surface area contributed by atoms with Crippen LogP contribution in [-0.4, -0.2) is 29.3 Å². The van der Waals surface area contributed by atoms with Crippen molar-refractivity contribution in [3.05, 3.63) is 35.9 Å². The van der Waals surface area contributed by atoms with Crippen LogP contribution in [0.25, 0.3) is 0 Å². The van der Waals surface area contributed by atoms with Crippen LogP contribution in [0.3, 0.4) is 0 Å². The Morgan fingerprint density at radius 3 is 2.58 bits per heavy atom. The lowest BCUT2D eigenvalue weighted by Crippen LogP contribution is -2.92. The van der Waals surface area contributed by atoms with Crippen LogP contribution < -0.4 is 5.32 Å². The van der Waals surface area contributed by atoms with Crippen LogP contribution in [0, 0.1) is 5.92 Å². The van der Waals surface area contributed by atoms with Crippen molar-refractivity contribution in [2.45, 2.75) is 32.9 Å². The second kappa shape index (κ2) is 5.97. The van der Waals surface area contributed by atoms with E-state index in [0.29, 0.717) is 18.9 Å². The summed E-state index contributed by atoms with van der Waals surface area (Å²) < 4.78 is 0. The second-order valence-electron chi connectivity index (χ2n) is 5.48. The van der Waals surface area contributed by atoms with Crippen molar-refractivity contribution in [2.75, 3.05) is 6.54 Å². The molecule has 2 N–H and O–H groups in total. The van der Waals surface area contributed by atoms with E-state index in [9.17, 15) is 9.59 Å². The van der Waals surface area contributed by atoms with E-state index >= 15 is 0 Å². The quantitative estimate of drug-likeness (QED) is 0.786. The Morgan fingerprint density at radius 2 is 1.95 bits per heavy atom. The van der Waals surface area contributed by atoms with Gasteiger partial charge in [0.05, 0.1) is 19.5 Å². The minimum Gasteiger partial charge on any atom is -0.335 e. The highest BCUT2D eigenvalue weighted by Gasteiger charge is 2.41. The number of nitrogens with two attached hydrogens (primary N) is 1. The van der Waals surface area contributed by atoms with E-state index in [0.717, 1.165) is 12.1 Å². The average molecular weight is 261 g/mol. The number of rotatable bonds is 5. The second-order valence-corrected chi connectivity index (χ2v) is 5.48. The van der Waals surface area contributed by atoms with Crippen LogP contribution in [0.15, 0.2) is 30.3 Å². The predicted molar refractivity (Wildman–Crippen MR) is 72.0 cm³/mol. The van der Waals surface area contributed by atoms with E-state index in [-0.39, 0.29) is 17.9 Å².